The van der Waals surface area contributed by atoms with Gasteiger partial charge in [-0.15, -0.1) is 0 Å². The second kappa shape index (κ2) is 3.89. The van der Waals surface area contributed by atoms with E-state index in [9.17, 15) is 4.79 Å². The number of aromatic carboxylic acids is 1. The van der Waals surface area contributed by atoms with Gasteiger partial charge < -0.3 is 14.3 Å². The number of carboxylic acid groups (broad SMARTS) is 1. The average Bonchev–Trinajstić information content (AvgIpc) is 2.57. The van der Waals surface area contributed by atoms with Gasteiger partial charge in [-0.2, -0.15) is 0 Å². The molecule has 0 aliphatic rings. The van der Waals surface area contributed by atoms with E-state index in [1.165, 1.54) is 0 Å². The Morgan fingerprint density at radius 3 is 2.69 bits per heavy atom. The number of para-hydroxylation sites is 1. The molecule has 0 saturated carbocycles. The number of hydrogen-bond acceptors (Lipinski definition) is 3. The lowest BCUT2D eigenvalue weighted by Gasteiger charge is -2.08. The molecule has 1 aromatic heterocycles. The normalized spacial score (nSPS) is 10.9. The van der Waals surface area contributed by atoms with Crippen LogP contribution < -0.4 is 4.74 Å². The summed E-state index contributed by atoms with van der Waals surface area (Å²) in [5.41, 5.74) is 0.524. The van der Waals surface area contributed by atoms with Gasteiger partial charge in [0.25, 0.3) is 5.76 Å². The van der Waals surface area contributed by atoms with Crippen molar-refractivity contribution in [1.29, 1.82) is 0 Å². The van der Waals surface area contributed by atoms with Crippen LogP contribution in [0.25, 0.3) is 11.0 Å². The second-order valence-electron chi connectivity index (χ2n) is 3.73. The van der Waals surface area contributed by atoms with Crippen molar-refractivity contribution in [1.82, 2.24) is 0 Å². The molecule has 1 N–H and O–H groups in total. The molecule has 0 aliphatic heterocycles. The standard InChI is InChI=1S/C12H12O4/c1-7(2)15-10-8-5-3-4-6-9(8)16-11(10)12(13)14/h3-7H,1-2H3,(H,13,14). The van der Waals surface area contributed by atoms with E-state index in [0.717, 1.165) is 0 Å². The minimum Gasteiger partial charge on any atom is -0.486 e. The van der Waals surface area contributed by atoms with Gasteiger partial charge in [0.05, 0.1) is 11.5 Å². The summed E-state index contributed by atoms with van der Waals surface area (Å²) >= 11 is 0. The summed E-state index contributed by atoms with van der Waals surface area (Å²) in [6.45, 7) is 3.68. The molecule has 0 amide bonds. The van der Waals surface area contributed by atoms with Crippen molar-refractivity contribution in [3.63, 3.8) is 0 Å². The van der Waals surface area contributed by atoms with Crippen LogP contribution in [0.4, 0.5) is 0 Å². The van der Waals surface area contributed by atoms with Crippen LogP contribution in [0.3, 0.4) is 0 Å². The molecular formula is C12H12O4. The number of rotatable bonds is 3. The lowest BCUT2D eigenvalue weighted by Crippen LogP contribution is -2.08. The van der Waals surface area contributed by atoms with Gasteiger partial charge >= 0.3 is 5.97 Å². The quantitative estimate of drug-likeness (QED) is 0.863. The van der Waals surface area contributed by atoms with E-state index in [2.05, 4.69) is 0 Å². The summed E-state index contributed by atoms with van der Waals surface area (Å²) in [7, 11) is 0. The molecule has 4 nitrogen and oxygen atoms in total. The maximum absolute atomic E-state index is 11.0. The van der Waals surface area contributed by atoms with E-state index in [1.54, 1.807) is 18.2 Å². The van der Waals surface area contributed by atoms with E-state index in [1.807, 2.05) is 19.9 Å². The minimum atomic E-state index is -1.12. The largest absolute Gasteiger partial charge is 0.486 e. The van der Waals surface area contributed by atoms with Crippen LogP contribution in [0.1, 0.15) is 24.4 Å². The molecule has 0 atom stereocenters. The van der Waals surface area contributed by atoms with Gasteiger partial charge in [-0.1, -0.05) is 12.1 Å². The van der Waals surface area contributed by atoms with Crippen LogP contribution in [0.2, 0.25) is 0 Å². The zero-order chi connectivity index (χ0) is 11.7. The number of benzene rings is 1. The highest BCUT2D eigenvalue weighted by atomic mass is 16.5. The lowest BCUT2D eigenvalue weighted by molar-refractivity contribution is 0.0656. The number of carbonyl (C=O) groups is 1. The van der Waals surface area contributed by atoms with Crippen LogP contribution in [-0.4, -0.2) is 17.2 Å². The van der Waals surface area contributed by atoms with Crippen molar-refractivity contribution < 1.29 is 19.1 Å². The molecule has 2 rings (SSSR count). The lowest BCUT2D eigenvalue weighted by atomic mass is 10.2. The molecule has 0 spiro atoms. The van der Waals surface area contributed by atoms with E-state index in [0.29, 0.717) is 16.7 Å². The molecular weight excluding hydrogens is 208 g/mol. The van der Waals surface area contributed by atoms with Crippen molar-refractivity contribution in [2.75, 3.05) is 0 Å². The van der Waals surface area contributed by atoms with Gasteiger partial charge in [-0.25, -0.2) is 4.79 Å². The molecule has 2 aromatic rings. The minimum absolute atomic E-state index is 0.0980. The molecule has 0 radical (unpaired) electrons. The molecule has 0 fully saturated rings. The number of ether oxygens (including phenoxy) is 1. The summed E-state index contributed by atoms with van der Waals surface area (Å²) in [5.74, 6) is -0.958. The van der Waals surface area contributed by atoms with Crippen LogP contribution in [0.15, 0.2) is 28.7 Å². The number of hydrogen-bond donors (Lipinski definition) is 1. The van der Waals surface area contributed by atoms with Crippen molar-refractivity contribution in [2.45, 2.75) is 20.0 Å². The predicted molar refractivity (Wildman–Crippen MR) is 58.9 cm³/mol. The summed E-state index contributed by atoms with van der Waals surface area (Å²) in [6.07, 6.45) is -0.0980. The highest BCUT2D eigenvalue weighted by Gasteiger charge is 2.21. The first-order valence-electron chi connectivity index (χ1n) is 5.01. The maximum Gasteiger partial charge on any atom is 0.375 e. The molecule has 0 aliphatic carbocycles. The van der Waals surface area contributed by atoms with Crippen molar-refractivity contribution >= 4 is 16.9 Å². The van der Waals surface area contributed by atoms with Crippen molar-refractivity contribution in [3.8, 4) is 5.75 Å². The van der Waals surface area contributed by atoms with Crippen molar-refractivity contribution in [3.05, 3.63) is 30.0 Å². The number of fused-ring (bicyclic) bond motifs is 1. The SMILES string of the molecule is CC(C)Oc1c(C(=O)O)oc2ccccc12. The molecule has 0 unspecified atom stereocenters. The van der Waals surface area contributed by atoms with Gasteiger partial charge in [-0.3, -0.25) is 0 Å². The van der Waals surface area contributed by atoms with Crippen LogP contribution in [0.5, 0.6) is 5.75 Å². The second-order valence-corrected chi connectivity index (χ2v) is 3.73. The van der Waals surface area contributed by atoms with Gasteiger partial charge in [0.15, 0.2) is 5.75 Å². The molecule has 1 aromatic carbocycles. The molecule has 84 valence electrons. The van der Waals surface area contributed by atoms with E-state index in [-0.39, 0.29) is 11.9 Å². The predicted octanol–water partition coefficient (Wildman–Crippen LogP) is 2.92. The Hall–Kier alpha value is -1.97. The van der Waals surface area contributed by atoms with Crippen LogP contribution in [-0.2, 0) is 0 Å². The molecule has 0 bridgehead atoms. The Kier molecular flexibility index (Phi) is 2.56. The fourth-order valence-corrected chi connectivity index (χ4v) is 1.52. The monoisotopic (exact) mass is 220 g/mol. The smallest absolute Gasteiger partial charge is 0.375 e. The fourth-order valence-electron chi connectivity index (χ4n) is 1.52. The first-order valence-corrected chi connectivity index (χ1v) is 5.01. The van der Waals surface area contributed by atoms with E-state index >= 15 is 0 Å². The van der Waals surface area contributed by atoms with Crippen LogP contribution >= 0.6 is 0 Å². The third-order valence-electron chi connectivity index (χ3n) is 2.10. The summed E-state index contributed by atoms with van der Waals surface area (Å²) in [5, 5.41) is 9.69. The maximum atomic E-state index is 11.0. The Labute approximate surface area is 92.4 Å². The fraction of sp³-hybridized carbons (Fsp3) is 0.250. The van der Waals surface area contributed by atoms with Crippen LogP contribution in [0, 0.1) is 0 Å². The summed E-state index contributed by atoms with van der Waals surface area (Å²) in [6, 6.07) is 7.10. The zero-order valence-corrected chi connectivity index (χ0v) is 9.06. The molecule has 0 saturated heterocycles. The Morgan fingerprint density at radius 2 is 2.06 bits per heavy atom. The molecule has 1 heterocycles. The average molecular weight is 220 g/mol. The first-order chi connectivity index (χ1) is 7.59. The Morgan fingerprint density at radius 1 is 1.38 bits per heavy atom. The van der Waals surface area contributed by atoms with Gasteiger partial charge in [0.1, 0.15) is 5.58 Å². The molecule has 16 heavy (non-hydrogen) atoms. The highest BCUT2D eigenvalue weighted by Crippen LogP contribution is 2.33. The van der Waals surface area contributed by atoms with E-state index in [4.69, 9.17) is 14.3 Å². The summed E-state index contributed by atoms with van der Waals surface area (Å²) in [4.78, 5) is 11.0. The van der Waals surface area contributed by atoms with Crippen molar-refractivity contribution in [2.24, 2.45) is 0 Å². The first kappa shape index (κ1) is 10.5. The highest BCUT2D eigenvalue weighted by molar-refractivity contribution is 5.97. The number of furan rings is 1. The zero-order valence-electron chi connectivity index (χ0n) is 9.06. The summed E-state index contributed by atoms with van der Waals surface area (Å²) < 4.78 is 10.7. The third kappa shape index (κ3) is 1.74. The van der Waals surface area contributed by atoms with E-state index < -0.39 is 5.97 Å². The Bertz CT molecular complexity index is 525. The Balaban J connectivity index is 2.64. The van der Waals surface area contributed by atoms with Gasteiger partial charge in [0, 0.05) is 0 Å². The molecule has 4 heteroatoms. The van der Waals surface area contributed by atoms with Gasteiger partial charge in [-0.05, 0) is 26.0 Å². The third-order valence-corrected chi connectivity index (χ3v) is 2.10. The topological polar surface area (TPSA) is 59.7 Å². The number of carboxylic acids is 1. The van der Waals surface area contributed by atoms with Gasteiger partial charge in [0.2, 0.25) is 0 Å².